The first kappa shape index (κ1) is 15.5. The molecule has 0 saturated carbocycles. The van der Waals surface area contributed by atoms with Crippen molar-refractivity contribution >= 4 is 6.09 Å². The summed E-state index contributed by atoms with van der Waals surface area (Å²) in [6, 6.07) is 12.2. The molecule has 0 saturated heterocycles. The predicted octanol–water partition coefficient (Wildman–Crippen LogP) is 4.77. The van der Waals surface area contributed by atoms with Gasteiger partial charge in [0.2, 0.25) is 0 Å². The summed E-state index contributed by atoms with van der Waals surface area (Å²) < 4.78 is 14.0. The molecule has 2 aromatic carbocycles. The lowest BCUT2D eigenvalue weighted by atomic mass is 9.70. The van der Waals surface area contributed by atoms with Crippen molar-refractivity contribution in [3.8, 4) is 11.1 Å². The largest absolute Gasteiger partial charge is 0.465 e. The Balaban J connectivity index is 2.04. The number of amides is 1. The van der Waals surface area contributed by atoms with Crippen LogP contribution >= 0.6 is 0 Å². The predicted molar refractivity (Wildman–Crippen MR) is 87.8 cm³/mol. The molecule has 0 fully saturated rings. The van der Waals surface area contributed by atoms with Crippen LogP contribution in [0.25, 0.3) is 11.1 Å². The minimum Gasteiger partial charge on any atom is -0.465 e. The highest BCUT2D eigenvalue weighted by Gasteiger charge is 2.37. The molecule has 0 bridgehead atoms. The summed E-state index contributed by atoms with van der Waals surface area (Å²) >= 11 is 0. The lowest BCUT2D eigenvalue weighted by molar-refractivity contribution is 0.161. The van der Waals surface area contributed by atoms with Gasteiger partial charge in [0.1, 0.15) is 5.82 Å². The molecule has 0 aromatic heterocycles. The van der Waals surface area contributed by atoms with E-state index in [1.807, 2.05) is 24.3 Å². The first-order chi connectivity index (χ1) is 10.9. The number of rotatable bonds is 2. The molecule has 0 aliphatic heterocycles. The number of halogens is 1. The van der Waals surface area contributed by atoms with Gasteiger partial charge in [-0.05, 0) is 41.0 Å². The lowest BCUT2D eigenvalue weighted by Gasteiger charge is -2.40. The molecular weight excluding hydrogens is 293 g/mol. The van der Waals surface area contributed by atoms with Gasteiger partial charge in [-0.3, -0.25) is 0 Å². The monoisotopic (exact) mass is 313 g/mol. The van der Waals surface area contributed by atoms with Gasteiger partial charge in [0.25, 0.3) is 0 Å². The molecule has 3 nitrogen and oxygen atoms in total. The Morgan fingerprint density at radius 2 is 2.00 bits per heavy atom. The van der Waals surface area contributed by atoms with Crippen LogP contribution in [0.3, 0.4) is 0 Å². The number of hydrogen-bond acceptors (Lipinski definition) is 1. The van der Waals surface area contributed by atoms with E-state index in [1.165, 1.54) is 6.07 Å². The minimum atomic E-state index is -1.02. The molecule has 1 aliphatic rings. The van der Waals surface area contributed by atoms with E-state index in [9.17, 15) is 9.18 Å². The molecule has 1 unspecified atom stereocenters. The zero-order valence-corrected chi connectivity index (χ0v) is 13.3. The topological polar surface area (TPSA) is 49.3 Å². The van der Waals surface area contributed by atoms with Gasteiger partial charge in [0.05, 0.1) is 6.04 Å². The van der Waals surface area contributed by atoms with Crippen LogP contribution in [0.1, 0.15) is 37.4 Å². The van der Waals surface area contributed by atoms with Crippen LogP contribution in [0.15, 0.2) is 42.5 Å². The summed E-state index contributed by atoms with van der Waals surface area (Å²) in [4.78, 5) is 11.1. The summed E-state index contributed by atoms with van der Waals surface area (Å²) in [5.74, 6) is -0.246. The second kappa shape index (κ2) is 5.69. The van der Waals surface area contributed by atoms with Crippen LogP contribution in [0.4, 0.5) is 9.18 Å². The van der Waals surface area contributed by atoms with Gasteiger partial charge in [-0.25, -0.2) is 9.18 Å². The van der Waals surface area contributed by atoms with Crippen LogP contribution in [0, 0.1) is 11.2 Å². The maximum Gasteiger partial charge on any atom is 0.405 e. The van der Waals surface area contributed by atoms with E-state index >= 15 is 0 Å². The molecule has 0 spiro atoms. The first-order valence-corrected chi connectivity index (χ1v) is 7.76. The van der Waals surface area contributed by atoms with Crippen LogP contribution in [-0.2, 0) is 6.42 Å². The fourth-order valence-electron chi connectivity index (χ4n) is 3.39. The van der Waals surface area contributed by atoms with Crippen molar-refractivity contribution in [3.63, 3.8) is 0 Å². The summed E-state index contributed by atoms with van der Waals surface area (Å²) in [6.45, 7) is 4.14. The number of hydrogen-bond donors (Lipinski definition) is 2. The van der Waals surface area contributed by atoms with Gasteiger partial charge < -0.3 is 10.4 Å². The molecule has 4 heteroatoms. The third-order valence-electron chi connectivity index (χ3n) is 4.73. The van der Waals surface area contributed by atoms with E-state index in [1.54, 1.807) is 12.1 Å². The molecule has 1 aliphatic carbocycles. The summed E-state index contributed by atoms with van der Waals surface area (Å²) in [5, 5.41) is 11.8. The number of fused-ring (bicyclic) bond motifs is 1. The van der Waals surface area contributed by atoms with Crippen molar-refractivity contribution in [1.82, 2.24) is 5.32 Å². The molecule has 23 heavy (non-hydrogen) atoms. The van der Waals surface area contributed by atoms with Crippen LogP contribution < -0.4 is 5.32 Å². The van der Waals surface area contributed by atoms with Gasteiger partial charge in [-0.2, -0.15) is 0 Å². The Morgan fingerprint density at radius 3 is 2.70 bits per heavy atom. The summed E-state index contributed by atoms with van der Waals surface area (Å²) in [7, 11) is 0. The Bertz CT molecular complexity index is 755. The Labute approximate surface area is 135 Å². The van der Waals surface area contributed by atoms with Crippen molar-refractivity contribution in [1.29, 1.82) is 0 Å². The molecule has 0 heterocycles. The first-order valence-electron chi connectivity index (χ1n) is 7.76. The van der Waals surface area contributed by atoms with E-state index in [0.29, 0.717) is 5.56 Å². The van der Waals surface area contributed by atoms with Gasteiger partial charge in [-0.1, -0.05) is 50.2 Å². The summed E-state index contributed by atoms with van der Waals surface area (Å²) in [5.41, 5.74) is 3.33. The molecular formula is C19H20FNO2. The van der Waals surface area contributed by atoms with Gasteiger partial charge in [0.15, 0.2) is 0 Å². The second-order valence-electron chi connectivity index (χ2n) is 6.76. The van der Waals surface area contributed by atoms with Crippen molar-refractivity contribution in [2.45, 2.75) is 32.7 Å². The number of nitrogens with one attached hydrogen (secondary N) is 1. The molecule has 0 radical (unpaired) electrons. The fourth-order valence-corrected chi connectivity index (χ4v) is 3.39. The zero-order chi connectivity index (χ0) is 16.6. The smallest absolute Gasteiger partial charge is 0.405 e. The average Bonchev–Trinajstić information content (AvgIpc) is 2.50. The van der Waals surface area contributed by atoms with E-state index in [0.717, 1.165) is 29.5 Å². The number of benzene rings is 2. The Kier molecular flexibility index (Phi) is 3.84. The van der Waals surface area contributed by atoms with Crippen molar-refractivity contribution < 1.29 is 14.3 Å². The van der Waals surface area contributed by atoms with Gasteiger partial charge in [-0.15, -0.1) is 0 Å². The molecule has 120 valence electrons. The van der Waals surface area contributed by atoms with Gasteiger partial charge in [0, 0.05) is 5.56 Å². The van der Waals surface area contributed by atoms with Crippen molar-refractivity contribution in [3.05, 3.63) is 59.4 Å². The normalized spacial score (nSPS) is 19.0. The Hall–Kier alpha value is -2.36. The van der Waals surface area contributed by atoms with E-state index in [2.05, 4.69) is 19.2 Å². The number of carbonyl (C=O) groups is 1. The highest BCUT2D eigenvalue weighted by Crippen LogP contribution is 2.44. The maximum absolute atomic E-state index is 14.0. The Morgan fingerprint density at radius 1 is 1.26 bits per heavy atom. The molecule has 2 N–H and O–H groups in total. The molecule has 1 atom stereocenters. The van der Waals surface area contributed by atoms with E-state index in [4.69, 9.17) is 5.11 Å². The van der Waals surface area contributed by atoms with E-state index < -0.39 is 6.09 Å². The molecule has 2 aromatic rings. The average molecular weight is 313 g/mol. The second-order valence-corrected chi connectivity index (χ2v) is 6.76. The zero-order valence-electron chi connectivity index (χ0n) is 13.3. The molecule has 3 rings (SSSR count). The third kappa shape index (κ3) is 2.93. The SMILES string of the molecule is CC1(C)CCc2cc(-c3ccccc3F)ccc2C1NC(=O)O. The van der Waals surface area contributed by atoms with Crippen molar-refractivity contribution in [2.75, 3.05) is 0 Å². The number of carboxylic acid groups (broad SMARTS) is 1. The quantitative estimate of drug-likeness (QED) is 0.838. The third-order valence-corrected chi connectivity index (χ3v) is 4.73. The van der Waals surface area contributed by atoms with Crippen molar-refractivity contribution in [2.24, 2.45) is 5.41 Å². The standard InChI is InChI=1S/C19H20FNO2/c1-19(2)10-9-13-11-12(14-5-3-4-6-16(14)20)7-8-15(13)17(19)21-18(22)23/h3-8,11,17,21H,9-10H2,1-2H3,(H,22,23). The highest BCUT2D eigenvalue weighted by molar-refractivity contribution is 5.68. The van der Waals surface area contributed by atoms with Gasteiger partial charge >= 0.3 is 6.09 Å². The highest BCUT2D eigenvalue weighted by atomic mass is 19.1. The number of aryl methyl sites for hydroxylation is 1. The molecule has 1 amide bonds. The van der Waals surface area contributed by atoms with Crippen LogP contribution in [-0.4, -0.2) is 11.2 Å². The van der Waals surface area contributed by atoms with Crippen LogP contribution in [0.5, 0.6) is 0 Å². The maximum atomic E-state index is 14.0. The van der Waals surface area contributed by atoms with Crippen LogP contribution in [0.2, 0.25) is 0 Å². The van der Waals surface area contributed by atoms with E-state index in [-0.39, 0.29) is 17.3 Å². The fraction of sp³-hybridized carbons (Fsp3) is 0.316. The minimum absolute atomic E-state index is 0.148. The lowest BCUT2D eigenvalue weighted by Crippen LogP contribution is -2.40. The summed E-state index contributed by atoms with van der Waals surface area (Å²) in [6.07, 6.45) is 0.725.